The standard InChI is InChI=1S/C15H16FN5O3S/c1-24-9-14-18-15-13(3-2-6-21(15)19-14)20-25(22,23)11-4-5-12(16)10(7-11)8-17/h4-5,7,13,20H,2-3,6,9H2,1H3/t13-/m0/s1. The number of rotatable bonds is 5. The highest BCUT2D eigenvalue weighted by atomic mass is 32.2. The Labute approximate surface area is 144 Å². The van der Waals surface area contributed by atoms with Crippen LogP contribution in [0.2, 0.25) is 0 Å². The molecule has 0 fully saturated rings. The van der Waals surface area contributed by atoms with Gasteiger partial charge in [-0.3, -0.25) is 0 Å². The third-order valence-corrected chi connectivity index (χ3v) is 5.33. The largest absolute Gasteiger partial charge is 0.377 e. The molecular formula is C15H16FN5O3S. The van der Waals surface area contributed by atoms with Crippen molar-refractivity contribution in [2.45, 2.75) is 36.9 Å². The lowest BCUT2D eigenvalue weighted by Gasteiger charge is -2.23. The molecule has 0 spiro atoms. The van der Waals surface area contributed by atoms with E-state index >= 15 is 0 Å². The molecule has 8 nitrogen and oxygen atoms in total. The quantitative estimate of drug-likeness (QED) is 0.854. The van der Waals surface area contributed by atoms with Crippen molar-refractivity contribution in [3.63, 3.8) is 0 Å². The van der Waals surface area contributed by atoms with Crippen molar-refractivity contribution in [3.8, 4) is 6.07 Å². The summed E-state index contributed by atoms with van der Waals surface area (Å²) < 4.78 is 47.9. The maximum atomic E-state index is 13.4. The van der Waals surface area contributed by atoms with E-state index in [-0.39, 0.29) is 17.1 Å². The minimum atomic E-state index is -3.94. The Morgan fingerprint density at radius 3 is 3.04 bits per heavy atom. The summed E-state index contributed by atoms with van der Waals surface area (Å²) in [5, 5.41) is 13.2. The number of fused-ring (bicyclic) bond motifs is 1. The topological polar surface area (TPSA) is 110 Å². The molecule has 2 heterocycles. The number of nitrogens with one attached hydrogen (secondary N) is 1. The summed E-state index contributed by atoms with van der Waals surface area (Å²) in [5.74, 6) is 0.240. The number of nitriles is 1. The molecule has 0 aliphatic carbocycles. The molecule has 1 aliphatic heterocycles. The average Bonchev–Trinajstić information content (AvgIpc) is 2.99. The number of aryl methyl sites for hydroxylation is 1. The third-order valence-electron chi connectivity index (χ3n) is 3.86. The van der Waals surface area contributed by atoms with Crippen LogP contribution in [0.3, 0.4) is 0 Å². The van der Waals surface area contributed by atoms with Crippen LogP contribution in [0.1, 0.15) is 36.1 Å². The molecule has 0 radical (unpaired) electrons. The van der Waals surface area contributed by atoms with Gasteiger partial charge in [0.15, 0.2) is 5.82 Å². The summed E-state index contributed by atoms with van der Waals surface area (Å²) in [6, 6.07) is 4.20. The lowest BCUT2D eigenvalue weighted by molar-refractivity contribution is 0.177. The number of ether oxygens (including phenoxy) is 1. The molecule has 0 amide bonds. The smallest absolute Gasteiger partial charge is 0.241 e. The van der Waals surface area contributed by atoms with Gasteiger partial charge in [0.2, 0.25) is 10.0 Å². The van der Waals surface area contributed by atoms with E-state index in [0.29, 0.717) is 24.6 Å². The lowest BCUT2D eigenvalue weighted by Crippen LogP contribution is -2.33. The monoisotopic (exact) mass is 365 g/mol. The molecule has 1 atom stereocenters. The van der Waals surface area contributed by atoms with Crippen LogP contribution in [-0.2, 0) is 27.9 Å². The Bertz CT molecular complexity index is 935. The summed E-state index contributed by atoms with van der Waals surface area (Å²) >= 11 is 0. The third kappa shape index (κ3) is 3.53. The van der Waals surface area contributed by atoms with Gasteiger partial charge in [-0.25, -0.2) is 27.2 Å². The number of sulfonamides is 1. The van der Waals surface area contributed by atoms with Gasteiger partial charge in [0.25, 0.3) is 0 Å². The predicted molar refractivity (Wildman–Crippen MR) is 84.1 cm³/mol. The molecule has 132 valence electrons. The maximum Gasteiger partial charge on any atom is 0.241 e. The molecule has 25 heavy (non-hydrogen) atoms. The summed E-state index contributed by atoms with van der Waals surface area (Å²) in [5.41, 5.74) is -0.322. The second kappa shape index (κ2) is 6.87. The molecule has 0 saturated carbocycles. The van der Waals surface area contributed by atoms with Crippen LogP contribution in [0.5, 0.6) is 0 Å². The highest BCUT2D eigenvalue weighted by molar-refractivity contribution is 7.89. The van der Waals surface area contributed by atoms with Gasteiger partial charge in [-0.05, 0) is 31.0 Å². The first kappa shape index (κ1) is 17.5. The van der Waals surface area contributed by atoms with Crippen LogP contribution in [-0.4, -0.2) is 30.3 Å². The summed E-state index contributed by atoms with van der Waals surface area (Å²) in [6.45, 7) is 0.891. The van der Waals surface area contributed by atoms with Crippen molar-refractivity contribution in [3.05, 3.63) is 41.2 Å². The van der Waals surface area contributed by atoms with E-state index in [2.05, 4.69) is 14.8 Å². The van der Waals surface area contributed by atoms with Crippen LogP contribution < -0.4 is 4.72 Å². The van der Waals surface area contributed by atoms with Crippen molar-refractivity contribution in [1.29, 1.82) is 5.26 Å². The van der Waals surface area contributed by atoms with Crippen molar-refractivity contribution in [2.24, 2.45) is 0 Å². The van der Waals surface area contributed by atoms with Crippen LogP contribution in [0.25, 0.3) is 0 Å². The van der Waals surface area contributed by atoms with E-state index in [9.17, 15) is 12.8 Å². The fourth-order valence-corrected chi connectivity index (χ4v) is 3.97. The van der Waals surface area contributed by atoms with E-state index < -0.39 is 21.9 Å². The maximum absolute atomic E-state index is 13.4. The Morgan fingerprint density at radius 1 is 1.52 bits per heavy atom. The van der Waals surface area contributed by atoms with Gasteiger partial charge in [-0.1, -0.05) is 0 Å². The van der Waals surface area contributed by atoms with Crippen molar-refractivity contribution in [1.82, 2.24) is 19.5 Å². The first-order chi connectivity index (χ1) is 11.9. The second-order valence-corrected chi connectivity index (χ2v) is 7.33. The van der Waals surface area contributed by atoms with Gasteiger partial charge in [0.05, 0.1) is 16.5 Å². The fourth-order valence-electron chi connectivity index (χ4n) is 2.71. The normalized spacial score (nSPS) is 17.1. The number of hydrogen-bond acceptors (Lipinski definition) is 6. The molecule has 1 aromatic carbocycles. The first-order valence-electron chi connectivity index (χ1n) is 7.59. The SMILES string of the molecule is COCc1nc2n(n1)CCC[C@@H]2NS(=O)(=O)c1ccc(F)c(C#N)c1. The lowest BCUT2D eigenvalue weighted by atomic mass is 10.1. The molecule has 1 aliphatic rings. The van der Waals surface area contributed by atoms with E-state index in [1.54, 1.807) is 10.8 Å². The Balaban J connectivity index is 1.89. The van der Waals surface area contributed by atoms with E-state index in [1.807, 2.05) is 0 Å². The molecule has 0 unspecified atom stereocenters. The van der Waals surface area contributed by atoms with Crippen LogP contribution in [0, 0.1) is 17.1 Å². The zero-order chi connectivity index (χ0) is 18.0. The van der Waals surface area contributed by atoms with Gasteiger partial charge in [0.1, 0.15) is 24.3 Å². The first-order valence-corrected chi connectivity index (χ1v) is 9.07. The molecule has 1 aromatic heterocycles. The van der Waals surface area contributed by atoms with E-state index in [0.717, 1.165) is 24.6 Å². The van der Waals surface area contributed by atoms with Crippen molar-refractivity contribution >= 4 is 10.0 Å². The zero-order valence-corrected chi connectivity index (χ0v) is 14.3. The molecule has 3 rings (SSSR count). The van der Waals surface area contributed by atoms with E-state index in [4.69, 9.17) is 10.00 Å². The molecular weight excluding hydrogens is 349 g/mol. The number of methoxy groups -OCH3 is 1. The van der Waals surface area contributed by atoms with E-state index in [1.165, 1.54) is 7.11 Å². The predicted octanol–water partition coefficient (Wildman–Crippen LogP) is 1.25. The number of benzene rings is 1. The Hall–Kier alpha value is -2.35. The van der Waals surface area contributed by atoms with Crippen LogP contribution in [0.15, 0.2) is 23.1 Å². The van der Waals surface area contributed by atoms with Gasteiger partial charge >= 0.3 is 0 Å². The Morgan fingerprint density at radius 2 is 2.32 bits per heavy atom. The van der Waals surface area contributed by atoms with Gasteiger partial charge in [0, 0.05) is 13.7 Å². The summed E-state index contributed by atoms with van der Waals surface area (Å²) in [6.07, 6.45) is 1.31. The highest BCUT2D eigenvalue weighted by Crippen LogP contribution is 2.26. The van der Waals surface area contributed by atoms with Crippen molar-refractivity contribution in [2.75, 3.05) is 7.11 Å². The molecule has 2 aromatic rings. The number of nitrogens with zero attached hydrogens (tertiary/aromatic N) is 4. The summed E-state index contributed by atoms with van der Waals surface area (Å²) in [4.78, 5) is 4.17. The summed E-state index contributed by atoms with van der Waals surface area (Å²) in [7, 11) is -2.41. The molecule has 0 bridgehead atoms. The number of aromatic nitrogens is 3. The Kier molecular flexibility index (Phi) is 4.80. The van der Waals surface area contributed by atoms with Gasteiger partial charge < -0.3 is 4.74 Å². The molecule has 10 heteroatoms. The number of halogens is 1. The fraction of sp³-hybridized carbons (Fsp3) is 0.400. The average molecular weight is 365 g/mol. The minimum absolute atomic E-state index is 0.167. The van der Waals surface area contributed by atoms with Crippen LogP contribution >= 0.6 is 0 Å². The van der Waals surface area contributed by atoms with Crippen LogP contribution in [0.4, 0.5) is 4.39 Å². The molecule has 1 N–H and O–H groups in total. The second-order valence-electron chi connectivity index (χ2n) is 5.61. The minimum Gasteiger partial charge on any atom is -0.377 e. The van der Waals surface area contributed by atoms with Gasteiger partial charge in [-0.15, -0.1) is 0 Å². The number of hydrogen-bond donors (Lipinski definition) is 1. The van der Waals surface area contributed by atoms with Crippen molar-refractivity contribution < 1.29 is 17.5 Å². The molecule has 0 saturated heterocycles. The zero-order valence-electron chi connectivity index (χ0n) is 13.4. The van der Waals surface area contributed by atoms with Gasteiger partial charge in [-0.2, -0.15) is 10.4 Å². The highest BCUT2D eigenvalue weighted by Gasteiger charge is 2.29.